The minimum Gasteiger partial charge on any atom is -0.466 e. The Kier molecular flexibility index (Phi) is 9.38. The van der Waals surface area contributed by atoms with Gasteiger partial charge in [-0.3, -0.25) is 14.4 Å². The van der Waals surface area contributed by atoms with Crippen molar-refractivity contribution in [3.8, 4) is 17.2 Å². The van der Waals surface area contributed by atoms with Gasteiger partial charge in [0.15, 0.2) is 11.4 Å². The third-order valence-corrected chi connectivity index (χ3v) is 7.50. The summed E-state index contributed by atoms with van der Waals surface area (Å²) in [4.78, 5) is 40.9. The molecule has 1 amide bonds. The van der Waals surface area contributed by atoms with Crippen LogP contribution in [-0.4, -0.2) is 46.3 Å². The number of carbonyl (C=O) groups is 2. The molecule has 1 aliphatic rings. The first-order valence-electron chi connectivity index (χ1n) is 14.7. The number of rotatable bonds is 9. The molecule has 10 heteroatoms. The zero-order chi connectivity index (χ0) is 31.2. The Hall–Kier alpha value is -4.99. The molecule has 0 spiro atoms. The van der Waals surface area contributed by atoms with Crippen molar-refractivity contribution in [2.24, 2.45) is 5.92 Å². The molecule has 0 aliphatic carbocycles. The van der Waals surface area contributed by atoms with E-state index < -0.39 is 11.4 Å². The Morgan fingerprint density at radius 2 is 1.82 bits per heavy atom. The Morgan fingerprint density at radius 3 is 2.52 bits per heavy atom. The molecule has 1 aliphatic heterocycles. The topological polar surface area (TPSA) is 103 Å². The molecule has 4 aromatic rings. The Labute approximate surface area is 255 Å². The minimum absolute atomic E-state index is 0.117. The van der Waals surface area contributed by atoms with E-state index in [1.165, 1.54) is 30.5 Å². The lowest BCUT2D eigenvalue weighted by atomic mass is 9.97. The average molecular weight is 599 g/mol. The van der Waals surface area contributed by atoms with Crippen LogP contribution in [0.25, 0.3) is 5.69 Å². The van der Waals surface area contributed by atoms with Crippen LogP contribution in [0.1, 0.15) is 55.5 Å². The van der Waals surface area contributed by atoms with Gasteiger partial charge in [-0.15, -0.1) is 0 Å². The second kappa shape index (κ2) is 13.5. The van der Waals surface area contributed by atoms with Crippen molar-refractivity contribution >= 4 is 23.3 Å². The number of nitrogens with zero attached hydrogens (tertiary/aromatic N) is 3. The molecule has 3 aromatic carbocycles. The molecule has 0 bridgehead atoms. The number of halogens is 1. The van der Waals surface area contributed by atoms with Crippen LogP contribution in [0.4, 0.5) is 15.8 Å². The number of ether oxygens (including phenoxy) is 2. The lowest BCUT2D eigenvalue weighted by Crippen LogP contribution is -2.42. The maximum absolute atomic E-state index is 13.7. The van der Waals surface area contributed by atoms with Gasteiger partial charge in [0.25, 0.3) is 11.5 Å². The van der Waals surface area contributed by atoms with Crippen molar-refractivity contribution in [3.63, 3.8) is 0 Å². The SMILES string of the molecule is CCOC(=O)C1CCCN(C(=O)c2ccc(Nc3c(Oc4cccc(C(C)C)c4)cnn(-c4ccc(F)cc4)c3=O)cc2)C1. The van der Waals surface area contributed by atoms with E-state index >= 15 is 0 Å². The van der Waals surface area contributed by atoms with Gasteiger partial charge in [0.1, 0.15) is 11.6 Å². The number of anilines is 2. The molecule has 1 N–H and O–H groups in total. The first-order valence-corrected chi connectivity index (χ1v) is 14.7. The Balaban J connectivity index is 1.42. The predicted molar refractivity (Wildman–Crippen MR) is 165 cm³/mol. The molecule has 5 rings (SSSR count). The lowest BCUT2D eigenvalue weighted by Gasteiger charge is -2.31. The third-order valence-electron chi connectivity index (χ3n) is 7.50. The van der Waals surface area contributed by atoms with Crippen LogP contribution in [0.5, 0.6) is 11.5 Å². The maximum Gasteiger partial charge on any atom is 0.310 e. The zero-order valence-electron chi connectivity index (χ0n) is 25.0. The van der Waals surface area contributed by atoms with Gasteiger partial charge in [-0.2, -0.15) is 9.78 Å². The van der Waals surface area contributed by atoms with Gasteiger partial charge in [-0.05, 0) is 91.9 Å². The molecule has 0 radical (unpaired) electrons. The maximum atomic E-state index is 13.7. The molecule has 9 nitrogen and oxygen atoms in total. The highest BCUT2D eigenvalue weighted by molar-refractivity contribution is 5.95. The van der Waals surface area contributed by atoms with E-state index in [1.54, 1.807) is 42.2 Å². The van der Waals surface area contributed by atoms with Crippen LogP contribution in [0.2, 0.25) is 0 Å². The summed E-state index contributed by atoms with van der Waals surface area (Å²) in [6.07, 6.45) is 2.85. The summed E-state index contributed by atoms with van der Waals surface area (Å²) < 4.78 is 26.0. The Morgan fingerprint density at radius 1 is 1.07 bits per heavy atom. The van der Waals surface area contributed by atoms with Crippen molar-refractivity contribution in [3.05, 3.63) is 106 Å². The second-order valence-electron chi connectivity index (χ2n) is 11.0. The fourth-order valence-corrected chi connectivity index (χ4v) is 5.10. The van der Waals surface area contributed by atoms with Crippen LogP contribution in [0, 0.1) is 11.7 Å². The fourth-order valence-electron chi connectivity index (χ4n) is 5.10. The molecule has 44 heavy (non-hydrogen) atoms. The molecule has 2 heterocycles. The van der Waals surface area contributed by atoms with E-state index in [1.807, 2.05) is 18.2 Å². The third kappa shape index (κ3) is 6.96. The number of nitrogens with one attached hydrogen (secondary N) is 1. The summed E-state index contributed by atoms with van der Waals surface area (Å²) >= 11 is 0. The summed E-state index contributed by atoms with van der Waals surface area (Å²) in [5.41, 5.74) is 2.07. The molecule has 1 atom stereocenters. The highest BCUT2D eigenvalue weighted by atomic mass is 19.1. The number of piperidine rings is 1. The number of carbonyl (C=O) groups excluding carboxylic acids is 2. The van der Waals surface area contributed by atoms with Gasteiger partial charge in [0.2, 0.25) is 0 Å². The Bertz CT molecular complexity index is 1690. The first-order chi connectivity index (χ1) is 21.2. The smallest absolute Gasteiger partial charge is 0.310 e. The highest BCUT2D eigenvalue weighted by Gasteiger charge is 2.30. The minimum atomic E-state index is -0.507. The van der Waals surface area contributed by atoms with Gasteiger partial charge in [-0.1, -0.05) is 26.0 Å². The lowest BCUT2D eigenvalue weighted by molar-refractivity contribution is -0.149. The molecular weight excluding hydrogens is 563 g/mol. The molecular formula is C34H35FN4O5. The number of likely N-dealkylation sites (tertiary alicyclic amines) is 1. The number of amides is 1. The summed E-state index contributed by atoms with van der Waals surface area (Å²) in [6.45, 7) is 7.11. The van der Waals surface area contributed by atoms with Crippen LogP contribution in [0.3, 0.4) is 0 Å². The average Bonchev–Trinajstić information content (AvgIpc) is 3.03. The number of aromatic nitrogens is 2. The summed E-state index contributed by atoms with van der Waals surface area (Å²) in [5.74, 6) is -0.187. The van der Waals surface area contributed by atoms with Crippen LogP contribution < -0.4 is 15.6 Å². The van der Waals surface area contributed by atoms with Gasteiger partial charge in [0, 0.05) is 24.3 Å². The van der Waals surface area contributed by atoms with Crippen LogP contribution >= 0.6 is 0 Å². The quantitative estimate of drug-likeness (QED) is 0.221. The van der Waals surface area contributed by atoms with Gasteiger partial charge >= 0.3 is 5.97 Å². The summed E-state index contributed by atoms with van der Waals surface area (Å²) in [7, 11) is 0. The van der Waals surface area contributed by atoms with E-state index in [9.17, 15) is 18.8 Å². The monoisotopic (exact) mass is 598 g/mol. The number of esters is 1. The van der Waals surface area contributed by atoms with E-state index in [0.29, 0.717) is 48.8 Å². The first kappa shape index (κ1) is 30.5. The number of benzene rings is 3. The summed E-state index contributed by atoms with van der Waals surface area (Å²) in [5, 5.41) is 7.43. The van der Waals surface area contributed by atoms with Crippen LogP contribution in [-0.2, 0) is 9.53 Å². The van der Waals surface area contributed by atoms with Crippen molar-refractivity contribution < 1.29 is 23.5 Å². The molecule has 228 valence electrons. The number of hydrogen-bond donors (Lipinski definition) is 1. The fraction of sp³-hybridized carbons (Fsp3) is 0.294. The van der Waals surface area contributed by atoms with E-state index in [-0.39, 0.29) is 35.1 Å². The van der Waals surface area contributed by atoms with Crippen molar-refractivity contribution in [2.45, 2.75) is 39.5 Å². The number of hydrogen-bond acceptors (Lipinski definition) is 7. The highest BCUT2D eigenvalue weighted by Crippen LogP contribution is 2.31. The van der Waals surface area contributed by atoms with Gasteiger partial charge < -0.3 is 19.7 Å². The zero-order valence-corrected chi connectivity index (χ0v) is 25.0. The van der Waals surface area contributed by atoms with Crippen LogP contribution in [0.15, 0.2) is 83.8 Å². The molecule has 1 saturated heterocycles. The van der Waals surface area contributed by atoms with E-state index in [4.69, 9.17) is 9.47 Å². The standard InChI is InChI=1S/C34H35FN4O5/c1-4-43-34(42)25-8-6-18-38(21-25)32(40)23-10-14-27(15-11-23)37-31-30(44-29-9-5-7-24(19-29)22(2)3)20-36-39(33(31)41)28-16-12-26(35)13-17-28/h5,7,9-17,19-20,22,25,37H,4,6,8,18,21H2,1-3H3. The largest absolute Gasteiger partial charge is 0.466 e. The predicted octanol–water partition coefficient (Wildman–Crippen LogP) is 6.45. The molecule has 1 unspecified atom stereocenters. The van der Waals surface area contributed by atoms with Crippen molar-refractivity contribution in [2.75, 3.05) is 25.0 Å². The summed E-state index contributed by atoms with van der Waals surface area (Å²) in [6, 6.07) is 19.8. The van der Waals surface area contributed by atoms with E-state index in [0.717, 1.165) is 16.7 Å². The van der Waals surface area contributed by atoms with Crippen molar-refractivity contribution in [1.82, 2.24) is 14.7 Å². The van der Waals surface area contributed by atoms with Crippen molar-refractivity contribution in [1.29, 1.82) is 0 Å². The second-order valence-corrected chi connectivity index (χ2v) is 11.0. The normalized spacial score (nSPS) is 14.8. The molecule has 0 saturated carbocycles. The molecule has 1 fully saturated rings. The van der Waals surface area contributed by atoms with E-state index in [2.05, 4.69) is 24.3 Å². The van der Waals surface area contributed by atoms with Gasteiger partial charge in [0.05, 0.1) is 24.4 Å². The van der Waals surface area contributed by atoms with Gasteiger partial charge in [-0.25, -0.2) is 4.39 Å². The molecule has 1 aromatic heterocycles.